The molecule has 0 spiro atoms. The number of benzene rings is 6. The fraction of sp³-hybridized carbons (Fsp3) is 0.244. The molecular weight excluding hydrogens is 1430 g/mol. The van der Waals surface area contributed by atoms with Gasteiger partial charge in [-0.2, -0.15) is 26.3 Å². The van der Waals surface area contributed by atoms with Gasteiger partial charge >= 0.3 is 17.9 Å². The number of carbonyl (C=O) groups is 3. The second-order valence-corrected chi connectivity index (χ2v) is 27.1. The number of halogens is 4. The average molecular weight is 1490 g/mol. The summed E-state index contributed by atoms with van der Waals surface area (Å²) in [6.45, 7) is 0. The summed E-state index contributed by atoms with van der Waals surface area (Å²) in [4.78, 5) is 52.6. The van der Waals surface area contributed by atoms with Gasteiger partial charge in [0.15, 0.2) is 33.6 Å². The van der Waals surface area contributed by atoms with Gasteiger partial charge in [0.25, 0.3) is 0 Å². The van der Waals surface area contributed by atoms with E-state index in [2.05, 4.69) is 61.2 Å². The third-order valence-corrected chi connectivity index (χ3v) is 21.5. The van der Waals surface area contributed by atoms with Crippen molar-refractivity contribution in [3.8, 4) is 47.6 Å². The van der Waals surface area contributed by atoms with Gasteiger partial charge in [0.1, 0.15) is 34.3 Å². The predicted molar refractivity (Wildman–Crippen MR) is 371 cm³/mol. The zero-order chi connectivity index (χ0) is 71.6. The number of nitrogens with zero attached hydrogens (tertiary/aromatic N) is 8. The molecule has 15 rings (SSSR count). The molecule has 3 aromatic heterocycles. The van der Waals surface area contributed by atoms with Crippen molar-refractivity contribution in [3.63, 3.8) is 0 Å². The number of ether oxygens (including phenoxy) is 6. The maximum atomic E-state index is 13.2. The largest absolute Gasteiger partial charge is 0.476 e. The highest BCUT2D eigenvalue weighted by Gasteiger charge is 2.82. The minimum absolute atomic E-state index is 0. The highest BCUT2D eigenvalue weighted by molar-refractivity contribution is 9.10. The second kappa shape index (κ2) is 27.3. The summed E-state index contributed by atoms with van der Waals surface area (Å²) in [5, 5.41) is 87.9. The Morgan fingerprint density at radius 3 is 0.922 bits per heavy atom. The van der Waals surface area contributed by atoms with Crippen molar-refractivity contribution in [1.29, 1.82) is 26.3 Å². The van der Waals surface area contributed by atoms with Gasteiger partial charge in [0.05, 0.1) is 113 Å². The summed E-state index contributed by atoms with van der Waals surface area (Å²) >= 11 is 22.0. The number of aliphatic hydroxyl groups is 3. The summed E-state index contributed by atoms with van der Waals surface area (Å²) < 4.78 is 35.9. The smallest absolute Gasteiger partial charge is 0.310 e. The number of esters is 3. The molecule has 0 radical (unpaired) electrons. The van der Waals surface area contributed by atoms with Crippen LogP contribution in [0, 0.1) is 92.2 Å². The molecule has 3 N–H and O–H groups in total. The first-order valence-electron chi connectivity index (χ1n) is 31.3. The molecule has 6 aromatic carbocycles. The van der Waals surface area contributed by atoms with Crippen molar-refractivity contribution < 1.29 is 58.1 Å². The first kappa shape index (κ1) is 71.1. The van der Waals surface area contributed by atoms with Gasteiger partial charge in [-0.3, -0.25) is 29.3 Å². The van der Waals surface area contributed by atoms with Gasteiger partial charge in [-0.25, -0.2) is 0 Å². The van der Waals surface area contributed by atoms with E-state index in [-0.39, 0.29) is 41.8 Å². The van der Waals surface area contributed by atoms with Crippen LogP contribution in [0.1, 0.15) is 86.8 Å². The van der Waals surface area contributed by atoms with Crippen LogP contribution in [0.4, 0.5) is 0 Å². The molecule has 3 aliphatic carbocycles. The zero-order valence-electron chi connectivity index (χ0n) is 53.4. The lowest BCUT2D eigenvalue weighted by Gasteiger charge is -2.40. The van der Waals surface area contributed by atoms with Crippen molar-refractivity contribution in [2.75, 3.05) is 21.3 Å². The highest BCUT2D eigenvalue weighted by atomic mass is 79.9. The molecule has 6 aliphatic rings. The Morgan fingerprint density at radius 2 is 0.686 bits per heavy atom. The Morgan fingerprint density at radius 1 is 0.431 bits per heavy atom. The zero-order valence-corrected chi connectivity index (χ0v) is 57.2. The molecule has 15 atom stereocenters. The monoisotopic (exact) mass is 1480 g/mol. The third-order valence-electron chi connectivity index (χ3n) is 20.3. The van der Waals surface area contributed by atoms with Crippen LogP contribution in [0.25, 0.3) is 0 Å². The summed E-state index contributed by atoms with van der Waals surface area (Å²) in [7, 11) is 3.77. The Kier molecular flexibility index (Phi) is 19.0. The van der Waals surface area contributed by atoms with Crippen molar-refractivity contribution >= 4 is 68.6 Å². The average Bonchev–Trinajstić information content (AvgIpc) is 1.51. The molecule has 3 aliphatic heterocycles. The Balaban J connectivity index is 0.000000144. The van der Waals surface area contributed by atoms with Gasteiger partial charge in [-0.1, -0.05) is 186 Å². The lowest BCUT2D eigenvalue weighted by atomic mass is 9.71. The van der Waals surface area contributed by atoms with E-state index in [1.165, 1.54) is 52.1 Å². The molecule has 3 saturated carbocycles. The molecule has 510 valence electrons. The first-order valence-corrected chi connectivity index (χ1v) is 33.2. The molecule has 0 amide bonds. The SMILES string of the molecule is C.COC(=O)[C@@H]1[C@@H](c2ccccc2)[C@]2(c3ccc(Br)cc3)Oc3cc(Cl)cnc3[C@]2(O)[C@H]1C#N.COC(=O)[C@@H]1[C@@H](c2ccccc2)[C@]2(c3ccc(C#N)cc3)Oc3cc(Cl)cnc3[C@]2(O)[C@H]1C#N.COC(=O)[C@@H]1[C@@H](c2ccccc2)[C@]2(c3ccc(C#N)cc3)Oc3cc(Cl)cnc3[C@]2(O)[C@H]1C#N. The number of aromatic nitrogens is 3. The summed E-state index contributed by atoms with van der Waals surface area (Å²) in [5.41, 5.74) is -5.85. The van der Waals surface area contributed by atoms with E-state index in [0.29, 0.717) is 54.0 Å². The van der Waals surface area contributed by atoms with Gasteiger partial charge in [0, 0.05) is 59.0 Å². The van der Waals surface area contributed by atoms with Crippen LogP contribution >= 0.6 is 50.7 Å². The number of fused-ring (bicyclic) bond motifs is 9. The maximum Gasteiger partial charge on any atom is 0.310 e. The normalized spacial score (nSPS) is 28.7. The molecule has 0 bridgehead atoms. The van der Waals surface area contributed by atoms with Crippen molar-refractivity contribution in [2.45, 2.75) is 58.8 Å². The number of hydrogen-bond acceptors (Lipinski definition) is 20. The number of rotatable bonds is 9. The molecule has 102 heavy (non-hydrogen) atoms. The molecule has 9 aromatic rings. The van der Waals surface area contributed by atoms with E-state index in [1.807, 2.05) is 115 Å². The molecule has 0 unspecified atom stereocenters. The third kappa shape index (κ3) is 10.3. The summed E-state index contributed by atoms with van der Waals surface area (Å²) in [6, 6.07) is 63.1. The quantitative estimate of drug-likeness (QED) is 0.0893. The number of methoxy groups -OCH3 is 3. The topological polar surface area (TPSA) is 325 Å². The highest BCUT2D eigenvalue weighted by Crippen LogP contribution is 2.74. The predicted octanol–water partition coefficient (Wildman–Crippen LogP) is 13.0. The van der Waals surface area contributed by atoms with Gasteiger partial charge in [-0.05, 0) is 69.8 Å². The maximum absolute atomic E-state index is 13.2. The molecule has 0 saturated heterocycles. The van der Waals surface area contributed by atoms with E-state index in [0.717, 1.165) is 10.0 Å². The molecule has 6 heterocycles. The van der Waals surface area contributed by atoms with E-state index in [4.69, 9.17) is 63.2 Å². The van der Waals surface area contributed by atoms with Crippen molar-refractivity contribution in [2.24, 2.45) is 35.5 Å². The van der Waals surface area contributed by atoms with Crippen LogP contribution < -0.4 is 14.2 Å². The molecular formula is C78H58BrCl3N8O12. The number of hydrogen-bond donors (Lipinski definition) is 3. The van der Waals surface area contributed by atoms with Crippen LogP contribution in [-0.4, -0.2) is 69.5 Å². The van der Waals surface area contributed by atoms with E-state index in [9.17, 15) is 56.0 Å². The number of nitriles is 5. The van der Waals surface area contributed by atoms with E-state index >= 15 is 0 Å². The van der Waals surface area contributed by atoms with Crippen molar-refractivity contribution in [1.82, 2.24) is 15.0 Å². The lowest BCUT2D eigenvalue weighted by Crippen LogP contribution is -2.50. The summed E-state index contributed by atoms with van der Waals surface area (Å²) in [6.07, 6.45) is 4.14. The molecule has 3 fully saturated rings. The number of pyridine rings is 3. The fourth-order valence-electron chi connectivity index (χ4n) is 16.5. The van der Waals surface area contributed by atoms with Crippen LogP contribution in [0.2, 0.25) is 15.1 Å². The lowest BCUT2D eigenvalue weighted by molar-refractivity contribution is -0.148. The Hall–Kier alpha value is -10.7. The van der Waals surface area contributed by atoms with E-state index < -0.39 is 105 Å². The van der Waals surface area contributed by atoms with Crippen molar-refractivity contribution in [3.05, 3.63) is 282 Å². The van der Waals surface area contributed by atoms with Crippen LogP contribution in [-0.2, 0) is 62.2 Å². The van der Waals surface area contributed by atoms with Crippen LogP contribution in [0.5, 0.6) is 17.2 Å². The summed E-state index contributed by atoms with van der Waals surface area (Å²) in [5.74, 6) is -10.4. The Labute approximate surface area is 609 Å². The Bertz CT molecular complexity index is 4790. The standard InChI is InChI=1S/2C26H18ClN3O4.C25H18BrClN2O4.CH4/c2*1-33-24(31)21-19(13-29)25(32)23-20(11-18(27)14-30-23)34-26(25,17-9-7-15(12-28)8-10-17)22(21)16-5-3-2-4-6-16;1-32-23(30)20-18(12-28)24(31)22-19(11-17(27)13-29-22)33-25(24,15-7-9-16(26)10-8-15)21(20)14-5-3-2-4-6-14;/h2*2-11,14,19,21-22,32H,1H3;2-11,13,18,20-21,31H,1H3;1H4/t2*19-,21-,22+,25+,26-;18-,20-,21+,24+,25-;/m000./s1. The molecule has 24 heteroatoms. The molecule has 20 nitrogen and oxygen atoms in total. The number of carbonyl (C=O) groups excluding carboxylic acids is 3. The van der Waals surface area contributed by atoms with Crippen LogP contribution in [0.15, 0.2) is 205 Å². The van der Waals surface area contributed by atoms with Crippen LogP contribution in [0.3, 0.4) is 0 Å². The van der Waals surface area contributed by atoms with E-state index in [1.54, 1.807) is 54.6 Å². The second-order valence-electron chi connectivity index (χ2n) is 24.8. The van der Waals surface area contributed by atoms with Gasteiger partial charge < -0.3 is 43.7 Å². The van der Waals surface area contributed by atoms with Gasteiger partial charge in [-0.15, -0.1) is 0 Å². The minimum Gasteiger partial charge on any atom is -0.476 e. The van der Waals surface area contributed by atoms with Gasteiger partial charge in [0.2, 0.25) is 0 Å². The fourth-order valence-corrected chi connectivity index (χ4v) is 17.2. The minimum atomic E-state index is -2.02. The first-order chi connectivity index (χ1) is 48.7.